The van der Waals surface area contributed by atoms with E-state index in [4.69, 9.17) is 5.73 Å². The first-order chi connectivity index (χ1) is 8.16. The molecule has 0 atom stereocenters. The maximum absolute atomic E-state index is 11.6. The Kier molecular flexibility index (Phi) is 2.87. The molecule has 2 amide bonds. The second-order valence-corrected chi connectivity index (χ2v) is 3.37. The summed E-state index contributed by atoms with van der Waals surface area (Å²) in [6, 6.07) is 7.87. The van der Waals surface area contributed by atoms with E-state index in [2.05, 4.69) is 15.5 Å². The smallest absolute Gasteiger partial charge is 0.273 e. The van der Waals surface area contributed by atoms with Crippen molar-refractivity contribution in [1.82, 2.24) is 10.2 Å². The van der Waals surface area contributed by atoms with Gasteiger partial charge in [0.05, 0.1) is 0 Å². The second-order valence-electron chi connectivity index (χ2n) is 3.37. The zero-order valence-electron chi connectivity index (χ0n) is 8.81. The maximum atomic E-state index is 11.6. The average molecular weight is 230 g/mol. The number of anilines is 1. The molecule has 4 N–H and O–H groups in total. The van der Waals surface area contributed by atoms with Crippen LogP contribution in [0.2, 0.25) is 0 Å². The first kappa shape index (κ1) is 10.9. The van der Waals surface area contributed by atoms with E-state index >= 15 is 0 Å². The van der Waals surface area contributed by atoms with E-state index in [9.17, 15) is 9.59 Å². The van der Waals surface area contributed by atoms with Gasteiger partial charge in [-0.15, -0.1) is 0 Å². The predicted molar refractivity (Wildman–Crippen MR) is 61.5 cm³/mol. The Labute approximate surface area is 96.8 Å². The van der Waals surface area contributed by atoms with Crippen molar-refractivity contribution >= 4 is 17.5 Å². The first-order valence-electron chi connectivity index (χ1n) is 4.87. The summed E-state index contributed by atoms with van der Waals surface area (Å²) < 4.78 is 0. The fourth-order valence-electron chi connectivity index (χ4n) is 1.30. The van der Waals surface area contributed by atoms with Crippen molar-refractivity contribution in [2.45, 2.75) is 0 Å². The number of carbonyl (C=O) groups excluding carboxylic acids is 2. The molecule has 2 aromatic rings. The van der Waals surface area contributed by atoms with Crippen LogP contribution in [0, 0.1) is 0 Å². The van der Waals surface area contributed by atoms with E-state index in [0.717, 1.165) is 0 Å². The molecule has 0 aliphatic heterocycles. The number of amides is 2. The fraction of sp³-hybridized carbons (Fsp3) is 0. The highest BCUT2D eigenvalue weighted by Gasteiger charge is 2.07. The number of nitrogens with one attached hydrogen (secondary N) is 2. The SMILES string of the molecule is NC(=O)c1ccc(NC(=O)c2ccn[nH]2)cc1. The van der Waals surface area contributed by atoms with Crippen LogP contribution in [0.3, 0.4) is 0 Å². The third kappa shape index (κ3) is 2.49. The molecule has 0 spiro atoms. The molecule has 1 heterocycles. The molecule has 1 aromatic heterocycles. The molecule has 0 aliphatic carbocycles. The summed E-state index contributed by atoms with van der Waals surface area (Å²) in [7, 11) is 0. The molecule has 0 unspecified atom stereocenters. The zero-order chi connectivity index (χ0) is 12.3. The predicted octanol–water partition coefficient (Wildman–Crippen LogP) is 0.761. The second kappa shape index (κ2) is 4.48. The summed E-state index contributed by atoms with van der Waals surface area (Å²) in [5.41, 5.74) is 6.44. The Morgan fingerprint density at radius 1 is 1.18 bits per heavy atom. The summed E-state index contributed by atoms with van der Waals surface area (Å²) in [6.07, 6.45) is 1.49. The number of primary amides is 1. The van der Waals surface area contributed by atoms with Crippen LogP contribution in [0.4, 0.5) is 5.69 Å². The monoisotopic (exact) mass is 230 g/mol. The minimum absolute atomic E-state index is 0.297. The molecule has 0 fully saturated rings. The number of benzene rings is 1. The molecule has 0 bridgehead atoms. The lowest BCUT2D eigenvalue weighted by molar-refractivity contribution is 0.0998. The molecule has 0 saturated heterocycles. The molecule has 6 heteroatoms. The summed E-state index contributed by atoms with van der Waals surface area (Å²) in [5.74, 6) is -0.800. The fourth-order valence-corrected chi connectivity index (χ4v) is 1.30. The van der Waals surface area contributed by atoms with Crippen molar-refractivity contribution in [3.8, 4) is 0 Å². The largest absolute Gasteiger partial charge is 0.366 e. The summed E-state index contributed by atoms with van der Waals surface area (Å²) >= 11 is 0. The summed E-state index contributed by atoms with van der Waals surface area (Å²) in [5, 5.41) is 8.87. The van der Waals surface area contributed by atoms with Crippen molar-refractivity contribution in [3.05, 3.63) is 47.8 Å². The first-order valence-corrected chi connectivity index (χ1v) is 4.87. The van der Waals surface area contributed by atoms with Gasteiger partial charge in [0.15, 0.2) is 0 Å². The molecule has 17 heavy (non-hydrogen) atoms. The third-order valence-electron chi connectivity index (χ3n) is 2.17. The van der Waals surface area contributed by atoms with E-state index in [1.165, 1.54) is 6.20 Å². The molecule has 2 rings (SSSR count). The molecular weight excluding hydrogens is 220 g/mol. The van der Waals surface area contributed by atoms with Gasteiger partial charge in [-0.25, -0.2) is 0 Å². The quantitative estimate of drug-likeness (QED) is 0.725. The standard InChI is InChI=1S/C11H10N4O2/c12-10(16)7-1-3-8(4-2-7)14-11(17)9-5-6-13-15-9/h1-6H,(H2,12,16)(H,13,15)(H,14,17). The van der Waals surface area contributed by atoms with E-state index in [1.807, 2.05) is 0 Å². The Bertz CT molecular complexity index is 531. The number of aromatic nitrogens is 2. The van der Waals surface area contributed by atoms with Crippen molar-refractivity contribution in [1.29, 1.82) is 0 Å². The number of hydrogen-bond donors (Lipinski definition) is 3. The van der Waals surface area contributed by atoms with Crippen LogP contribution < -0.4 is 11.1 Å². The lowest BCUT2D eigenvalue weighted by Crippen LogP contribution is -2.13. The lowest BCUT2D eigenvalue weighted by Gasteiger charge is -2.03. The number of nitrogens with zero attached hydrogens (tertiary/aromatic N) is 1. The summed E-state index contributed by atoms with van der Waals surface area (Å²) in [6.45, 7) is 0. The molecule has 0 radical (unpaired) electrons. The van der Waals surface area contributed by atoms with Gasteiger partial charge in [-0.1, -0.05) is 0 Å². The van der Waals surface area contributed by atoms with E-state index in [-0.39, 0.29) is 5.91 Å². The minimum atomic E-state index is -0.503. The van der Waals surface area contributed by atoms with Crippen molar-refractivity contribution in [3.63, 3.8) is 0 Å². The molecule has 0 aliphatic rings. The van der Waals surface area contributed by atoms with Gasteiger partial charge in [-0.3, -0.25) is 14.7 Å². The van der Waals surface area contributed by atoms with Gasteiger partial charge in [-0.05, 0) is 30.3 Å². The molecule has 1 aromatic carbocycles. The maximum Gasteiger partial charge on any atom is 0.273 e. The van der Waals surface area contributed by atoms with Gasteiger partial charge in [0.2, 0.25) is 5.91 Å². The lowest BCUT2D eigenvalue weighted by atomic mass is 10.2. The van der Waals surface area contributed by atoms with Crippen LogP contribution in [0.1, 0.15) is 20.8 Å². The highest BCUT2D eigenvalue weighted by molar-refractivity contribution is 6.03. The van der Waals surface area contributed by atoms with Gasteiger partial charge < -0.3 is 11.1 Å². The van der Waals surface area contributed by atoms with Crippen LogP contribution in [-0.2, 0) is 0 Å². The minimum Gasteiger partial charge on any atom is -0.366 e. The van der Waals surface area contributed by atoms with E-state index in [0.29, 0.717) is 16.9 Å². The molecule has 6 nitrogen and oxygen atoms in total. The third-order valence-corrected chi connectivity index (χ3v) is 2.17. The average Bonchev–Trinajstić information content (AvgIpc) is 2.83. The van der Waals surface area contributed by atoms with Gasteiger partial charge in [0, 0.05) is 17.4 Å². The highest BCUT2D eigenvalue weighted by atomic mass is 16.2. The molecular formula is C11H10N4O2. The van der Waals surface area contributed by atoms with Crippen LogP contribution in [0.5, 0.6) is 0 Å². The zero-order valence-corrected chi connectivity index (χ0v) is 8.81. The Balaban J connectivity index is 2.09. The van der Waals surface area contributed by atoms with Crippen LogP contribution in [0.15, 0.2) is 36.5 Å². The highest BCUT2D eigenvalue weighted by Crippen LogP contribution is 2.10. The number of H-pyrrole nitrogens is 1. The van der Waals surface area contributed by atoms with Gasteiger partial charge in [0.1, 0.15) is 5.69 Å². The van der Waals surface area contributed by atoms with Crippen LogP contribution in [-0.4, -0.2) is 22.0 Å². The molecule has 0 saturated carbocycles. The van der Waals surface area contributed by atoms with E-state index < -0.39 is 5.91 Å². The van der Waals surface area contributed by atoms with Crippen LogP contribution >= 0.6 is 0 Å². The summed E-state index contributed by atoms with van der Waals surface area (Å²) in [4.78, 5) is 22.5. The molecule has 86 valence electrons. The number of rotatable bonds is 3. The van der Waals surface area contributed by atoms with Gasteiger partial charge >= 0.3 is 0 Å². The topological polar surface area (TPSA) is 101 Å². The van der Waals surface area contributed by atoms with Gasteiger partial charge in [0.25, 0.3) is 5.91 Å². The Hall–Kier alpha value is -2.63. The number of hydrogen-bond acceptors (Lipinski definition) is 3. The van der Waals surface area contributed by atoms with Crippen LogP contribution in [0.25, 0.3) is 0 Å². The normalized spacial score (nSPS) is 9.88. The number of nitrogens with two attached hydrogens (primary N) is 1. The number of carbonyl (C=O) groups is 2. The van der Waals surface area contributed by atoms with Crippen molar-refractivity contribution in [2.75, 3.05) is 5.32 Å². The van der Waals surface area contributed by atoms with Gasteiger partial charge in [-0.2, -0.15) is 5.10 Å². The van der Waals surface area contributed by atoms with Crippen molar-refractivity contribution in [2.24, 2.45) is 5.73 Å². The number of aromatic amines is 1. The Morgan fingerprint density at radius 3 is 2.41 bits per heavy atom. The van der Waals surface area contributed by atoms with E-state index in [1.54, 1.807) is 30.3 Å². The Morgan fingerprint density at radius 2 is 1.88 bits per heavy atom. The van der Waals surface area contributed by atoms with Crippen molar-refractivity contribution < 1.29 is 9.59 Å².